The van der Waals surface area contributed by atoms with Crippen LogP contribution in [0.1, 0.15) is 50.5 Å². The van der Waals surface area contributed by atoms with Crippen LogP contribution in [-0.2, 0) is 11.2 Å². The molecule has 2 bridgehead atoms. The van der Waals surface area contributed by atoms with Gasteiger partial charge in [0.2, 0.25) is 5.91 Å². The minimum absolute atomic E-state index is 0. The second-order valence-electron chi connectivity index (χ2n) is 8.36. The van der Waals surface area contributed by atoms with Crippen LogP contribution in [0.2, 0.25) is 0 Å². The van der Waals surface area contributed by atoms with Crippen molar-refractivity contribution in [3.8, 4) is 0 Å². The highest BCUT2D eigenvalue weighted by Crippen LogP contribution is 2.43. The van der Waals surface area contributed by atoms with E-state index in [9.17, 15) is 9.18 Å². The maximum Gasteiger partial charge on any atom is 0.225 e. The van der Waals surface area contributed by atoms with Gasteiger partial charge in [-0.05, 0) is 74.5 Å². The Bertz CT molecular complexity index is 609. The Labute approximate surface area is 161 Å². The van der Waals surface area contributed by atoms with Gasteiger partial charge in [0.25, 0.3) is 0 Å². The number of hydrogen-bond donors (Lipinski definition) is 1. The first-order valence-electron chi connectivity index (χ1n) is 9.92. The summed E-state index contributed by atoms with van der Waals surface area (Å²) in [6.45, 7) is 0.878. The minimum atomic E-state index is -0.201. The van der Waals surface area contributed by atoms with Gasteiger partial charge >= 0.3 is 0 Å². The molecule has 0 aromatic heterocycles. The van der Waals surface area contributed by atoms with Gasteiger partial charge < -0.3 is 10.6 Å². The predicted molar refractivity (Wildman–Crippen MR) is 104 cm³/mol. The van der Waals surface area contributed by atoms with Crippen LogP contribution in [0, 0.1) is 23.6 Å². The molecule has 3 atom stereocenters. The molecule has 26 heavy (non-hydrogen) atoms. The van der Waals surface area contributed by atoms with E-state index in [-0.39, 0.29) is 30.2 Å². The quantitative estimate of drug-likeness (QED) is 0.863. The molecule has 2 saturated carbocycles. The molecule has 3 nitrogen and oxygen atoms in total. The van der Waals surface area contributed by atoms with Gasteiger partial charge in [-0.1, -0.05) is 18.6 Å². The highest BCUT2D eigenvalue weighted by molar-refractivity contribution is 5.85. The van der Waals surface area contributed by atoms with Gasteiger partial charge in [-0.15, -0.1) is 12.4 Å². The molecule has 3 aliphatic rings. The van der Waals surface area contributed by atoms with Crippen molar-refractivity contribution in [1.82, 2.24) is 4.90 Å². The zero-order valence-electron chi connectivity index (χ0n) is 15.3. The summed E-state index contributed by atoms with van der Waals surface area (Å²) in [6, 6.07) is 7.31. The largest absolute Gasteiger partial charge is 0.339 e. The van der Waals surface area contributed by atoms with E-state index in [0.29, 0.717) is 23.8 Å². The Hall–Kier alpha value is -1.13. The van der Waals surface area contributed by atoms with Crippen molar-refractivity contribution in [1.29, 1.82) is 0 Å². The van der Waals surface area contributed by atoms with Crippen LogP contribution in [0.3, 0.4) is 0 Å². The molecule has 2 N–H and O–H groups in total. The zero-order chi connectivity index (χ0) is 17.4. The molecule has 4 rings (SSSR count). The molecular formula is C21H30ClFN2O. The number of hydrogen-bond acceptors (Lipinski definition) is 2. The summed E-state index contributed by atoms with van der Waals surface area (Å²) in [6.07, 6.45) is 8.61. The fourth-order valence-electron chi connectivity index (χ4n) is 5.46. The van der Waals surface area contributed by atoms with Gasteiger partial charge in [0.1, 0.15) is 5.82 Å². The standard InChI is InChI=1S/C21H29FN2O.ClH/c22-18-8-6-14(7-9-18)11-19-5-2-10-24(19)21(25)17-12-15-3-1-4-16(13-17)20(15)23;/h6-9,15-17,19-20H,1-5,10-13,23H2;1H. The van der Waals surface area contributed by atoms with Gasteiger partial charge in [0.05, 0.1) is 0 Å². The first kappa shape index (κ1) is 19.6. The van der Waals surface area contributed by atoms with Gasteiger partial charge in [0.15, 0.2) is 0 Å². The Morgan fingerprint density at radius 3 is 2.38 bits per heavy atom. The summed E-state index contributed by atoms with van der Waals surface area (Å²) in [5, 5.41) is 0. The molecular weight excluding hydrogens is 351 g/mol. The molecule has 1 aromatic carbocycles. The normalized spacial score (nSPS) is 33.6. The Balaban J connectivity index is 0.00000196. The van der Waals surface area contributed by atoms with E-state index < -0.39 is 0 Å². The number of likely N-dealkylation sites (tertiary alicyclic amines) is 1. The third kappa shape index (κ3) is 3.91. The lowest BCUT2D eigenvalue weighted by Gasteiger charge is -2.44. The van der Waals surface area contributed by atoms with Gasteiger partial charge in [-0.3, -0.25) is 4.79 Å². The van der Waals surface area contributed by atoms with Crippen molar-refractivity contribution in [2.24, 2.45) is 23.5 Å². The molecule has 1 amide bonds. The molecule has 3 fully saturated rings. The fourth-order valence-corrected chi connectivity index (χ4v) is 5.46. The third-order valence-electron chi connectivity index (χ3n) is 6.81. The number of rotatable bonds is 3. The lowest BCUT2D eigenvalue weighted by atomic mass is 9.65. The maximum atomic E-state index is 13.2. The summed E-state index contributed by atoms with van der Waals surface area (Å²) in [7, 11) is 0. The SMILES string of the molecule is Cl.NC1C2CCCC1CC(C(=O)N1CCCC1Cc1ccc(F)cc1)C2. The maximum absolute atomic E-state index is 13.2. The fraction of sp³-hybridized carbons (Fsp3) is 0.667. The molecule has 5 heteroatoms. The van der Waals surface area contributed by atoms with Crippen LogP contribution in [0.15, 0.2) is 24.3 Å². The van der Waals surface area contributed by atoms with Crippen molar-refractivity contribution in [2.75, 3.05) is 6.54 Å². The van der Waals surface area contributed by atoms with Crippen molar-refractivity contribution >= 4 is 18.3 Å². The van der Waals surface area contributed by atoms with Crippen LogP contribution in [0.4, 0.5) is 4.39 Å². The Morgan fingerprint density at radius 2 is 1.73 bits per heavy atom. The summed E-state index contributed by atoms with van der Waals surface area (Å²) in [5.74, 6) is 1.41. The average Bonchev–Trinajstić information content (AvgIpc) is 3.04. The number of nitrogens with zero attached hydrogens (tertiary/aromatic N) is 1. The molecule has 1 aliphatic heterocycles. The highest BCUT2D eigenvalue weighted by Gasteiger charge is 2.43. The number of fused-ring (bicyclic) bond motifs is 2. The van der Waals surface area contributed by atoms with Crippen molar-refractivity contribution in [2.45, 2.75) is 63.5 Å². The first-order chi connectivity index (χ1) is 12.1. The van der Waals surface area contributed by atoms with E-state index in [1.54, 1.807) is 0 Å². The summed E-state index contributed by atoms with van der Waals surface area (Å²) >= 11 is 0. The summed E-state index contributed by atoms with van der Waals surface area (Å²) in [5.41, 5.74) is 7.51. The van der Waals surface area contributed by atoms with Crippen LogP contribution < -0.4 is 5.73 Å². The summed E-state index contributed by atoms with van der Waals surface area (Å²) < 4.78 is 13.1. The van der Waals surface area contributed by atoms with Crippen LogP contribution in [-0.4, -0.2) is 29.4 Å². The van der Waals surface area contributed by atoms with E-state index in [0.717, 1.165) is 44.2 Å². The van der Waals surface area contributed by atoms with E-state index in [1.165, 1.54) is 31.4 Å². The zero-order valence-corrected chi connectivity index (χ0v) is 16.1. The second kappa shape index (κ2) is 8.26. The second-order valence-corrected chi connectivity index (χ2v) is 8.36. The van der Waals surface area contributed by atoms with E-state index >= 15 is 0 Å². The van der Waals surface area contributed by atoms with Crippen LogP contribution >= 0.6 is 12.4 Å². The van der Waals surface area contributed by atoms with Crippen LogP contribution in [0.5, 0.6) is 0 Å². The van der Waals surface area contributed by atoms with Gasteiger partial charge in [-0.25, -0.2) is 4.39 Å². The molecule has 1 saturated heterocycles. The van der Waals surface area contributed by atoms with E-state index in [2.05, 4.69) is 4.90 Å². The monoisotopic (exact) mass is 380 g/mol. The number of benzene rings is 1. The number of carbonyl (C=O) groups is 1. The van der Waals surface area contributed by atoms with Crippen LogP contribution in [0.25, 0.3) is 0 Å². The molecule has 144 valence electrons. The lowest BCUT2D eigenvalue weighted by molar-refractivity contribution is -0.139. The number of halogens is 2. The van der Waals surface area contributed by atoms with Crippen molar-refractivity contribution in [3.05, 3.63) is 35.6 Å². The molecule has 0 radical (unpaired) electrons. The lowest BCUT2D eigenvalue weighted by Crippen LogP contribution is -2.50. The number of carbonyl (C=O) groups excluding carboxylic acids is 1. The number of amides is 1. The summed E-state index contributed by atoms with van der Waals surface area (Å²) in [4.78, 5) is 15.3. The molecule has 1 heterocycles. The van der Waals surface area contributed by atoms with E-state index in [4.69, 9.17) is 5.73 Å². The highest BCUT2D eigenvalue weighted by atomic mass is 35.5. The minimum Gasteiger partial charge on any atom is -0.339 e. The first-order valence-corrected chi connectivity index (χ1v) is 9.92. The smallest absolute Gasteiger partial charge is 0.225 e. The predicted octanol–water partition coefficient (Wildman–Crippen LogP) is 3.93. The molecule has 2 aliphatic carbocycles. The Kier molecular flexibility index (Phi) is 6.24. The number of nitrogens with two attached hydrogens (primary N) is 1. The van der Waals surface area contributed by atoms with Gasteiger partial charge in [-0.2, -0.15) is 0 Å². The molecule has 0 spiro atoms. The average molecular weight is 381 g/mol. The van der Waals surface area contributed by atoms with Crippen molar-refractivity contribution in [3.63, 3.8) is 0 Å². The molecule has 1 aromatic rings. The topological polar surface area (TPSA) is 46.3 Å². The Morgan fingerprint density at radius 1 is 1.08 bits per heavy atom. The van der Waals surface area contributed by atoms with Gasteiger partial charge in [0, 0.05) is 24.5 Å². The third-order valence-corrected chi connectivity index (χ3v) is 6.81. The van der Waals surface area contributed by atoms with Crippen molar-refractivity contribution < 1.29 is 9.18 Å². The molecule has 3 unspecified atom stereocenters. The van der Waals surface area contributed by atoms with E-state index in [1.807, 2.05) is 12.1 Å².